The molecule has 0 aromatic heterocycles. The number of hydrogen-bond donors (Lipinski definition) is 0. The van der Waals surface area contributed by atoms with E-state index in [0.717, 1.165) is 25.7 Å². The first-order valence-corrected chi connectivity index (χ1v) is 7.16. The Kier molecular flexibility index (Phi) is 3.28. The zero-order valence-corrected chi connectivity index (χ0v) is 11.4. The molecule has 1 aromatic rings. The van der Waals surface area contributed by atoms with Crippen LogP contribution in [0.3, 0.4) is 0 Å². The quantitative estimate of drug-likeness (QED) is 0.771. The summed E-state index contributed by atoms with van der Waals surface area (Å²) >= 11 is 6.20. The minimum absolute atomic E-state index is 0.0490. The lowest BCUT2D eigenvalue weighted by atomic mass is 9.77. The number of carbonyl (C=O) groups excluding carboxylic acids is 2. The normalized spacial score (nSPS) is 20.7. The third kappa shape index (κ3) is 2.04. The number of halogens is 1. The molecule has 1 saturated carbocycles. The summed E-state index contributed by atoms with van der Waals surface area (Å²) in [5.41, 5.74) is 1.51. The Balaban J connectivity index is 2.07. The van der Waals surface area contributed by atoms with Crippen molar-refractivity contribution in [2.45, 2.75) is 32.1 Å². The molecule has 19 heavy (non-hydrogen) atoms. The van der Waals surface area contributed by atoms with E-state index in [-0.39, 0.29) is 22.5 Å². The molecule has 3 heteroatoms. The maximum atomic E-state index is 12.6. The smallest absolute Gasteiger partial charge is 0.205 e. The van der Waals surface area contributed by atoms with Crippen LogP contribution in [0, 0.1) is 5.92 Å². The van der Waals surface area contributed by atoms with Gasteiger partial charge in [-0.05, 0) is 18.8 Å². The second-order valence-corrected chi connectivity index (χ2v) is 5.64. The number of fused-ring (bicyclic) bond motifs is 1. The predicted octanol–water partition coefficient (Wildman–Crippen LogP) is 4.14. The molecule has 1 aromatic carbocycles. The Labute approximate surface area is 117 Å². The number of hydrogen-bond acceptors (Lipinski definition) is 2. The third-order valence-electron chi connectivity index (χ3n) is 4.11. The van der Waals surface area contributed by atoms with Gasteiger partial charge in [0.05, 0.1) is 5.03 Å². The Morgan fingerprint density at radius 1 is 0.895 bits per heavy atom. The van der Waals surface area contributed by atoms with Gasteiger partial charge in [0.1, 0.15) is 0 Å². The summed E-state index contributed by atoms with van der Waals surface area (Å²) in [4.78, 5) is 24.9. The van der Waals surface area contributed by atoms with Crippen LogP contribution >= 0.6 is 11.6 Å². The van der Waals surface area contributed by atoms with Crippen molar-refractivity contribution in [3.8, 4) is 0 Å². The van der Waals surface area contributed by atoms with E-state index in [1.807, 2.05) is 0 Å². The van der Waals surface area contributed by atoms with Crippen LogP contribution in [0.2, 0.25) is 0 Å². The van der Waals surface area contributed by atoms with E-state index in [4.69, 9.17) is 11.6 Å². The zero-order chi connectivity index (χ0) is 13.4. The fourth-order valence-corrected chi connectivity index (χ4v) is 3.46. The van der Waals surface area contributed by atoms with Gasteiger partial charge >= 0.3 is 0 Å². The molecule has 1 fully saturated rings. The topological polar surface area (TPSA) is 34.1 Å². The number of Topliss-reactive ketones (excluding diaryl/α,β-unsaturated/α-hetero) is 2. The van der Waals surface area contributed by atoms with Gasteiger partial charge in [0.2, 0.25) is 5.78 Å². The lowest BCUT2D eigenvalue weighted by Crippen LogP contribution is -2.25. The summed E-state index contributed by atoms with van der Waals surface area (Å²) in [5.74, 6) is -0.0874. The number of rotatable bonds is 1. The molecule has 0 atom stereocenters. The number of allylic oxidation sites excluding steroid dienone is 2. The molecule has 98 valence electrons. The van der Waals surface area contributed by atoms with Crippen molar-refractivity contribution < 1.29 is 9.59 Å². The first-order valence-electron chi connectivity index (χ1n) is 6.78. The Morgan fingerprint density at radius 3 is 2.11 bits per heavy atom. The largest absolute Gasteiger partial charge is 0.289 e. The first-order chi connectivity index (χ1) is 9.20. The summed E-state index contributed by atoms with van der Waals surface area (Å²) in [6.45, 7) is 0. The van der Waals surface area contributed by atoms with Crippen molar-refractivity contribution in [2.24, 2.45) is 5.92 Å². The first kappa shape index (κ1) is 12.6. The van der Waals surface area contributed by atoms with Crippen LogP contribution in [0.25, 0.3) is 0 Å². The minimum Gasteiger partial charge on any atom is -0.289 e. The van der Waals surface area contributed by atoms with Crippen molar-refractivity contribution in [1.82, 2.24) is 0 Å². The second kappa shape index (κ2) is 4.93. The van der Waals surface area contributed by atoms with Crippen molar-refractivity contribution in [3.63, 3.8) is 0 Å². The van der Waals surface area contributed by atoms with E-state index in [1.54, 1.807) is 24.3 Å². The maximum Gasteiger partial charge on any atom is 0.205 e. The molecule has 3 rings (SSSR count). The Bertz CT molecular complexity index is 580. The molecule has 0 saturated heterocycles. The molecule has 0 amide bonds. The summed E-state index contributed by atoms with van der Waals surface area (Å²) in [5, 5.41) is 0.149. The van der Waals surface area contributed by atoms with Gasteiger partial charge in [-0.25, -0.2) is 0 Å². The molecular weight excluding hydrogens is 260 g/mol. The van der Waals surface area contributed by atoms with Crippen LogP contribution in [0.1, 0.15) is 52.8 Å². The van der Waals surface area contributed by atoms with Crippen molar-refractivity contribution >= 4 is 23.2 Å². The standard InChI is InChI=1S/C16H15ClO2/c17-14-13(10-6-2-1-3-7-10)15(18)11-8-4-5-9-12(11)16(14)19/h4-5,8-10H,1-3,6-7H2. The van der Waals surface area contributed by atoms with Crippen LogP contribution < -0.4 is 0 Å². The zero-order valence-electron chi connectivity index (χ0n) is 10.6. The van der Waals surface area contributed by atoms with Crippen LogP contribution in [0.4, 0.5) is 0 Å². The fourth-order valence-electron chi connectivity index (χ4n) is 3.12. The molecular formula is C16H15ClO2. The fraction of sp³-hybridized carbons (Fsp3) is 0.375. The summed E-state index contributed by atoms with van der Waals surface area (Å²) in [7, 11) is 0. The summed E-state index contributed by atoms with van der Waals surface area (Å²) < 4.78 is 0. The lowest BCUT2D eigenvalue weighted by molar-refractivity contribution is 0.0967. The molecule has 2 nitrogen and oxygen atoms in total. The van der Waals surface area contributed by atoms with E-state index in [0.29, 0.717) is 16.7 Å². The Morgan fingerprint density at radius 2 is 1.47 bits per heavy atom. The van der Waals surface area contributed by atoms with Gasteiger partial charge in [-0.3, -0.25) is 9.59 Å². The summed E-state index contributed by atoms with van der Waals surface area (Å²) in [6.07, 6.45) is 5.36. The molecule has 2 aliphatic carbocycles. The Hall–Kier alpha value is -1.41. The third-order valence-corrected chi connectivity index (χ3v) is 4.49. The van der Waals surface area contributed by atoms with Gasteiger partial charge in [0.25, 0.3) is 0 Å². The van der Waals surface area contributed by atoms with Crippen molar-refractivity contribution in [2.75, 3.05) is 0 Å². The van der Waals surface area contributed by atoms with E-state index < -0.39 is 0 Å². The lowest BCUT2D eigenvalue weighted by Gasteiger charge is -2.27. The minimum atomic E-state index is -0.197. The van der Waals surface area contributed by atoms with Crippen LogP contribution in [-0.4, -0.2) is 11.6 Å². The van der Waals surface area contributed by atoms with Gasteiger partial charge in [0, 0.05) is 16.7 Å². The average Bonchev–Trinajstić information content (AvgIpc) is 2.46. The number of benzene rings is 1. The molecule has 0 unspecified atom stereocenters. The van der Waals surface area contributed by atoms with Crippen molar-refractivity contribution in [1.29, 1.82) is 0 Å². The SMILES string of the molecule is O=C1C(Cl)=C(C2CCCCC2)C(=O)c2ccccc21. The molecule has 0 spiro atoms. The molecule has 0 N–H and O–H groups in total. The highest BCUT2D eigenvalue weighted by Gasteiger charge is 2.35. The maximum absolute atomic E-state index is 12.6. The monoisotopic (exact) mass is 274 g/mol. The highest BCUT2D eigenvalue weighted by atomic mass is 35.5. The molecule has 0 radical (unpaired) electrons. The van der Waals surface area contributed by atoms with Crippen molar-refractivity contribution in [3.05, 3.63) is 46.0 Å². The molecule has 0 heterocycles. The predicted molar refractivity (Wildman–Crippen MR) is 74.6 cm³/mol. The van der Waals surface area contributed by atoms with E-state index in [2.05, 4.69) is 0 Å². The number of ketones is 2. The summed E-state index contributed by atoms with van der Waals surface area (Å²) in [6, 6.07) is 6.96. The van der Waals surface area contributed by atoms with Gasteiger partial charge in [-0.15, -0.1) is 0 Å². The van der Waals surface area contributed by atoms with Gasteiger partial charge < -0.3 is 0 Å². The van der Waals surface area contributed by atoms with Gasteiger partial charge in [-0.1, -0.05) is 55.1 Å². The van der Waals surface area contributed by atoms with Crippen LogP contribution in [0.5, 0.6) is 0 Å². The molecule has 0 bridgehead atoms. The van der Waals surface area contributed by atoms with Gasteiger partial charge in [-0.2, -0.15) is 0 Å². The van der Waals surface area contributed by atoms with E-state index in [1.165, 1.54) is 6.42 Å². The van der Waals surface area contributed by atoms with Crippen LogP contribution in [0.15, 0.2) is 34.9 Å². The molecule has 0 aliphatic heterocycles. The number of carbonyl (C=O) groups is 2. The molecule has 2 aliphatic rings. The highest BCUT2D eigenvalue weighted by molar-refractivity contribution is 6.50. The van der Waals surface area contributed by atoms with E-state index >= 15 is 0 Å². The average molecular weight is 275 g/mol. The second-order valence-electron chi connectivity index (χ2n) is 5.27. The van der Waals surface area contributed by atoms with Gasteiger partial charge in [0.15, 0.2) is 5.78 Å². The van der Waals surface area contributed by atoms with E-state index in [9.17, 15) is 9.59 Å². The van der Waals surface area contributed by atoms with Crippen LogP contribution in [-0.2, 0) is 0 Å². The highest BCUT2D eigenvalue weighted by Crippen LogP contribution is 2.38.